The summed E-state index contributed by atoms with van der Waals surface area (Å²) in [5.74, 6) is -2.27. The Hall–Kier alpha value is -2.21. The number of benzene rings is 2. The van der Waals surface area contributed by atoms with Crippen LogP contribution in [0.3, 0.4) is 0 Å². The molecule has 0 aliphatic rings. The summed E-state index contributed by atoms with van der Waals surface area (Å²) in [4.78, 5) is 10.1. The molecule has 0 unspecified atom stereocenters. The van der Waals surface area contributed by atoms with Crippen LogP contribution < -0.4 is 4.74 Å². The van der Waals surface area contributed by atoms with Gasteiger partial charge in [-0.15, -0.1) is 0 Å². The molecule has 0 aliphatic heterocycles. The van der Waals surface area contributed by atoms with Gasteiger partial charge in [0.15, 0.2) is 11.6 Å². The van der Waals surface area contributed by atoms with Crippen LogP contribution in [0.15, 0.2) is 36.4 Å². The van der Waals surface area contributed by atoms with Gasteiger partial charge in [-0.25, -0.2) is 8.78 Å². The molecule has 0 atom stereocenters. The molecule has 0 fully saturated rings. The van der Waals surface area contributed by atoms with Crippen molar-refractivity contribution in [1.29, 1.82) is 0 Å². The predicted octanol–water partition coefficient (Wildman–Crippen LogP) is 4.32. The summed E-state index contributed by atoms with van der Waals surface area (Å²) in [5.41, 5.74) is -0.507. The second-order valence-corrected chi connectivity index (χ2v) is 3.93. The molecule has 7 heteroatoms. The maximum absolute atomic E-state index is 13.4. The highest BCUT2D eigenvalue weighted by Crippen LogP contribution is 2.37. The number of rotatable bonds is 3. The number of halogens is 3. The van der Waals surface area contributed by atoms with Gasteiger partial charge in [-0.3, -0.25) is 10.1 Å². The predicted molar refractivity (Wildman–Crippen MR) is 64.5 cm³/mol. The SMILES string of the molecule is O=[N+]([O-])c1c(Cl)cccc1Oc1cc(F)ccc1F. The van der Waals surface area contributed by atoms with Crippen LogP contribution in [-0.2, 0) is 0 Å². The summed E-state index contributed by atoms with van der Waals surface area (Å²) >= 11 is 5.67. The maximum Gasteiger partial charge on any atom is 0.329 e. The molecule has 98 valence electrons. The molecule has 2 aromatic rings. The van der Waals surface area contributed by atoms with E-state index in [1.807, 2.05) is 0 Å². The van der Waals surface area contributed by atoms with Gasteiger partial charge in [0, 0.05) is 6.07 Å². The molecule has 0 aliphatic carbocycles. The number of nitro benzene ring substituents is 1. The fraction of sp³-hybridized carbons (Fsp3) is 0. The minimum Gasteiger partial charge on any atom is -0.447 e. The molecule has 0 saturated carbocycles. The van der Waals surface area contributed by atoms with Crippen LogP contribution in [0.2, 0.25) is 5.02 Å². The molecule has 0 heterocycles. The Morgan fingerprint density at radius 2 is 1.89 bits per heavy atom. The molecule has 0 saturated heterocycles. The summed E-state index contributed by atoms with van der Waals surface area (Å²) in [6.45, 7) is 0. The van der Waals surface area contributed by atoms with Gasteiger partial charge in [0.1, 0.15) is 10.8 Å². The quantitative estimate of drug-likeness (QED) is 0.623. The Morgan fingerprint density at radius 1 is 1.16 bits per heavy atom. The smallest absolute Gasteiger partial charge is 0.329 e. The van der Waals surface area contributed by atoms with E-state index in [9.17, 15) is 18.9 Å². The van der Waals surface area contributed by atoms with Crippen molar-refractivity contribution in [1.82, 2.24) is 0 Å². The highest BCUT2D eigenvalue weighted by atomic mass is 35.5. The van der Waals surface area contributed by atoms with Crippen LogP contribution in [0, 0.1) is 21.7 Å². The first-order chi connectivity index (χ1) is 8.99. The number of para-hydroxylation sites is 1. The Morgan fingerprint density at radius 3 is 2.58 bits per heavy atom. The van der Waals surface area contributed by atoms with E-state index in [4.69, 9.17) is 16.3 Å². The van der Waals surface area contributed by atoms with Crippen molar-refractivity contribution >= 4 is 17.3 Å². The summed E-state index contributed by atoms with van der Waals surface area (Å²) in [5, 5.41) is 10.7. The van der Waals surface area contributed by atoms with Crippen molar-refractivity contribution < 1.29 is 18.4 Å². The van der Waals surface area contributed by atoms with Gasteiger partial charge in [-0.1, -0.05) is 17.7 Å². The zero-order valence-corrected chi connectivity index (χ0v) is 10.0. The molecule has 2 aromatic carbocycles. The van der Waals surface area contributed by atoms with Crippen LogP contribution in [0.4, 0.5) is 14.5 Å². The van der Waals surface area contributed by atoms with Gasteiger partial charge in [0.2, 0.25) is 5.75 Å². The van der Waals surface area contributed by atoms with Crippen molar-refractivity contribution in [3.63, 3.8) is 0 Å². The molecule has 0 N–H and O–H groups in total. The second-order valence-electron chi connectivity index (χ2n) is 3.52. The second kappa shape index (κ2) is 5.19. The van der Waals surface area contributed by atoms with Gasteiger partial charge in [-0.05, 0) is 24.3 Å². The average Bonchev–Trinajstić information content (AvgIpc) is 2.33. The Balaban J connectivity index is 2.46. The molecule has 0 radical (unpaired) electrons. The third kappa shape index (κ3) is 2.79. The fourth-order valence-electron chi connectivity index (χ4n) is 1.43. The zero-order valence-electron chi connectivity index (χ0n) is 9.27. The Bertz CT molecular complexity index is 649. The number of hydrogen-bond donors (Lipinski definition) is 0. The van der Waals surface area contributed by atoms with Gasteiger partial charge < -0.3 is 4.74 Å². The lowest BCUT2D eigenvalue weighted by atomic mass is 10.3. The van der Waals surface area contributed by atoms with Crippen molar-refractivity contribution in [3.05, 3.63) is 63.2 Å². The Kier molecular flexibility index (Phi) is 3.62. The fourth-order valence-corrected chi connectivity index (χ4v) is 1.66. The highest BCUT2D eigenvalue weighted by Gasteiger charge is 2.21. The van der Waals surface area contributed by atoms with Crippen LogP contribution in [-0.4, -0.2) is 4.92 Å². The van der Waals surface area contributed by atoms with Crippen LogP contribution in [0.25, 0.3) is 0 Å². The van der Waals surface area contributed by atoms with E-state index in [1.54, 1.807) is 0 Å². The van der Waals surface area contributed by atoms with Crippen molar-refractivity contribution in [2.75, 3.05) is 0 Å². The minimum absolute atomic E-state index is 0.153. The third-order valence-corrected chi connectivity index (χ3v) is 2.55. The maximum atomic E-state index is 13.4. The molecule has 19 heavy (non-hydrogen) atoms. The lowest BCUT2D eigenvalue weighted by molar-refractivity contribution is -0.385. The standard InChI is InChI=1S/C12H6ClF2NO3/c13-8-2-1-3-10(12(8)16(17)18)19-11-6-7(14)4-5-9(11)15/h1-6H. The molecule has 0 amide bonds. The Labute approximate surface area is 111 Å². The van der Waals surface area contributed by atoms with E-state index in [-0.39, 0.29) is 10.8 Å². The monoisotopic (exact) mass is 285 g/mol. The molecule has 4 nitrogen and oxygen atoms in total. The molecular weight excluding hydrogens is 280 g/mol. The van der Waals surface area contributed by atoms with Gasteiger partial charge in [0.25, 0.3) is 0 Å². The highest BCUT2D eigenvalue weighted by molar-refractivity contribution is 6.32. The molecular formula is C12H6ClF2NO3. The lowest BCUT2D eigenvalue weighted by Crippen LogP contribution is -1.96. The van der Waals surface area contributed by atoms with Crippen molar-refractivity contribution in [2.45, 2.75) is 0 Å². The zero-order chi connectivity index (χ0) is 14.0. The van der Waals surface area contributed by atoms with E-state index in [2.05, 4.69) is 0 Å². The van der Waals surface area contributed by atoms with E-state index in [0.29, 0.717) is 0 Å². The molecule has 0 bridgehead atoms. The van der Waals surface area contributed by atoms with Crippen LogP contribution in [0.5, 0.6) is 11.5 Å². The average molecular weight is 286 g/mol. The van der Waals surface area contributed by atoms with Crippen LogP contribution >= 0.6 is 11.6 Å². The van der Waals surface area contributed by atoms with E-state index >= 15 is 0 Å². The van der Waals surface area contributed by atoms with Gasteiger partial charge >= 0.3 is 5.69 Å². The molecule has 0 spiro atoms. The van der Waals surface area contributed by atoms with E-state index in [1.165, 1.54) is 18.2 Å². The molecule has 2 rings (SSSR count). The topological polar surface area (TPSA) is 52.4 Å². The van der Waals surface area contributed by atoms with E-state index in [0.717, 1.165) is 18.2 Å². The van der Waals surface area contributed by atoms with Gasteiger partial charge in [-0.2, -0.15) is 0 Å². The van der Waals surface area contributed by atoms with Crippen molar-refractivity contribution in [2.24, 2.45) is 0 Å². The summed E-state index contributed by atoms with van der Waals surface area (Å²) < 4.78 is 31.4. The largest absolute Gasteiger partial charge is 0.447 e. The number of nitrogens with zero attached hydrogens (tertiary/aromatic N) is 1. The first-order valence-electron chi connectivity index (χ1n) is 5.05. The molecule has 0 aromatic heterocycles. The third-order valence-electron chi connectivity index (χ3n) is 2.25. The first kappa shape index (κ1) is 13.2. The summed E-state index contributed by atoms with van der Waals surface area (Å²) in [6.07, 6.45) is 0. The van der Waals surface area contributed by atoms with Gasteiger partial charge in [0.05, 0.1) is 4.92 Å². The summed E-state index contributed by atoms with van der Waals surface area (Å²) in [6, 6.07) is 6.51. The van der Waals surface area contributed by atoms with E-state index < -0.39 is 28.0 Å². The minimum atomic E-state index is -0.837. The number of nitro groups is 1. The first-order valence-corrected chi connectivity index (χ1v) is 5.42. The van der Waals surface area contributed by atoms with Crippen LogP contribution in [0.1, 0.15) is 0 Å². The number of ether oxygens (including phenoxy) is 1. The lowest BCUT2D eigenvalue weighted by Gasteiger charge is -2.07. The summed E-state index contributed by atoms with van der Waals surface area (Å²) in [7, 11) is 0. The van der Waals surface area contributed by atoms with Crippen molar-refractivity contribution in [3.8, 4) is 11.5 Å². The number of hydrogen-bond acceptors (Lipinski definition) is 3. The normalized spacial score (nSPS) is 10.3.